The van der Waals surface area contributed by atoms with Crippen LogP contribution < -0.4 is 14.2 Å². The van der Waals surface area contributed by atoms with Crippen LogP contribution in [0.1, 0.15) is 5.56 Å². The Bertz CT molecular complexity index is 463. The molecule has 2 rings (SSSR count). The van der Waals surface area contributed by atoms with Gasteiger partial charge in [-0.3, -0.25) is 0 Å². The van der Waals surface area contributed by atoms with E-state index in [1.807, 2.05) is 0 Å². The molecule has 1 aliphatic heterocycles. The van der Waals surface area contributed by atoms with Crippen LogP contribution in [0.15, 0.2) is 12.1 Å². The van der Waals surface area contributed by atoms with E-state index in [4.69, 9.17) is 18.9 Å². The number of nitriles is 1. The van der Waals surface area contributed by atoms with Gasteiger partial charge in [0, 0.05) is 12.1 Å². The van der Waals surface area contributed by atoms with Crippen LogP contribution in [-0.2, 0) is 10.2 Å². The van der Waals surface area contributed by atoms with Crippen LogP contribution in [0.4, 0.5) is 0 Å². The lowest BCUT2D eigenvalue weighted by molar-refractivity contribution is -0.0316. The Morgan fingerprint density at radius 2 is 1.67 bits per heavy atom. The molecule has 0 atom stereocenters. The highest BCUT2D eigenvalue weighted by Crippen LogP contribution is 2.45. The van der Waals surface area contributed by atoms with Gasteiger partial charge in [-0.05, 0) is 0 Å². The Kier molecular flexibility index (Phi) is 3.30. The molecule has 0 unspecified atom stereocenters. The average Bonchev–Trinajstić information content (AvgIpc) is 2.37. The van der Waals surface area contributed by atoms with Crippen LogP contribution in [-0.4, -0.2) is 34.5 Å². The van der Waals surface area contributed by atoms with Gasteiger partial charge < -0.3 is 18.9 Å². The van der Waals surface area contributed by atoms with Crippen molar-refractivity contribution in [3.05, 3.63) is 17.7 Å². The van der Waals surface area contributed by atoms with Crippen molar-refractivity contribution in [3.8, 4) is 23.3 Å². The summed E-state index contributed by atoms with van der Waals surface area (Å²) in [4.78, 5) is 0. The molecule has 1 heterocycles. The van der Waals surface area contributed by atoms with Crippen LogP contribution in [0.25, 0.3) is 0 Å². The number of benzene rings is 1. The van der Waals surface area contributed by atoms with E-state index in [9.17, 15) is 5.26 Å². The fourth-order valence-corrected chi connectivity index (χ4v) is 2.05. The molecule has 0 N–H and O–H groups in total. The van der Waals surface area contributed by atoms with E-state index in [1.165, 1.54) is 0 Å². The number of ether oxygens (including phenoxy) is 4. The first-order valence-corrected chi connectivity index (χ1v) is 5.50. The molecule has 1 saturated heterocycles. The minimum atomic E-state index is -0.692. The minimum Gasteiger partial charge on any atom is -0.496 e. The average molecular weight is 249 g/mol. The van der Waals surface area contributed by atoms with Crippen molar-refractivity contribution in [1.29, 1.82) is 5.26 Å². The molecule has 5 nitrogen and oxygen atoms in total. The maximum atomic E-state index is 9.38. The Morgan fingerprint density at radius 1 is 1.11 bits per heavy atom. The van der Waals surface area contributed by atoms with Crippen molar-refractivity contribution >= 4 is 0 Å². The van der Waals surface area contributed by atoms with E-state index >= 15 is 0 Å². The van der Waals surface area contributed by atoms with E-state index < -0.39 is 5.41 Å². The van der Waals surface area contributed by atoms with Crippen molar-refractivity contribution in [3.63, 3.8) is 0 Å². The normalized spacial score (nSPS) is 16.3. The van der Waals surface area contributed by atoms with Crippen molar-refractivity contribution in [2.75, 3.05) is 34.5 Å². The monoisotopic (exact) mass is 249 g/mol. The largest absolute Gasteiger partial charge is 0.496 e. The fourth-order valence-electron chi connectivity index (χ4n) is 2.05. The van der Waals surface area contributed by atoms with Crippen LogP contribution in [0.2, 0.25) is 0 Å². The van der Waals surface area contributed by atoms with E-state index in [2.05, 4.69) is 6.07 Å². The number of hydrogen-bond donors (Lipinski definition) is 0. The molecule has 1 fully saturated rings. The second-order valence-electron chi connectivity index (χ2n) is 4.09. The highest BCUT2D eigenvalue weighted by atomic mass is 16.5. The van der Waals surface area contributed by atoms with Gasteiger partial charge in [0.25, 0.3) is 0 Å². The van der Waals surface area contributed by atoms with Gasteiger partial charge in [0.2, 0.25) is 0 Å². The predicted octanol–water partition coefficient (Wildman–Crippen LogP) is 1.50. The highest BCUT2D eigenvalue weighted by molar-refractivity contribution is 5.57. The quantitative estimate of drug-likeness (QED) is 0.809. The molecule has 0 saturated carbocycles. The predicted molar refractivity (Wildman–Crippen MR) is 64.2 cm³/mol. The van der Waals surface area contributed by atoms with Crippen LogP contribution in [0.5, 0.6) is 17.2 Å². The van der Waals surface area contributed by atoms with E-state index in [1.54, 1.807) is 33.5 Å². The van der Waals surface area contributed by atoms with Crippen LogP contribution in [0.3, 0.4) is 0 Å². The number of rotatable bonds is 4. The van der Waals surface area contributed by atoms with Gasteiger partial charge in [0.15, 0.2) is 0 Å². The molecule has 18 heavy (non-hydrogen) atoms. The van der Waals surface area contributed by atoms with Gasteiger partial charge in [0.1, 0.15) is 22.7 Å². The van der Waals surface area contributed by atoms with Gasteiger partial charge >= 0.3 is 0 Å². The van der Waals surface area contributed by atoms with Crippen molar-refractivity contribution in [2.45, 2.75) is 5.41 Å². The third-order valence-corrected chi connectivity index (χ3v) is 3.10. The van der Waals surface area contributed by atoms with Crippen molar-refractivity contribution in [2.24, 2.45) is 0 Å². The lowest BCUT2D eigenvalue weighted by Gasteiger charge is -2.37. The van der Waals surface area contributed by atoms with Gasteiger partial charge in [-0.1, -0.05) is 0 Å². The smallest absolute Gasteiger partial charge is 0.136 e. The molecule has 0 bridgehead atoms. The molecule has 0 amide bonds. The highest BCUT2D eigenvalue weighted by Gasteiger charge is 2.45. The topological polar surface area (TPSA) is 60.7 Å². The standard InChI is InChI=1S/C13H15NO4/c1-15-9-4-10(16-2)12(11(5-9)17-3)13(6-14)7-18-8-13/h4-5H,7-8H2,1-3H3. The summed E-state index contributed by atoms with van der Waals surface area (Å²) in [6.45, 7) is 0.700. The molecule has 1 aromatic carbocycles. The molecule has 5 heteroatoms. The molecular formula is C13H15NO4. The van der Waals surface area contributed by atoms with Crippen molar-refractivity contribution < 1.29 is 18.9 Å². The lowest BCUT2D eigenvalue weighted by Crippen LogP contribution is -2.45. The summed E-state index contributed by atoms with van der Waals surface area (Å²) in [6, 6.07) is 5.78. The number of methoxy groups -OCH3 is 3. The van der Waals surface area contributed by atoms with Gasteiger partial charge in [0.05, 0.1) is 46.2 Å². The maximum absolute atomic E-state index is 9.38. The summed E-state index contributed by atoms with van der Waals surface area (Å²) >= 11 is 0. The molecule has 0 aromatic heterocycles. The molecule has 0 radical (unpaired) electrons. The van der Waals surface area contributed by atoms with Crippen molar-refractivity contribution in [1.82, 2.24) is 0 Å². The van der Waals surface area contributed by atoms with Gasteiger partial charge in [-0.15, -0.1) is 0 Å². The Labute approximate surface area is 106 Å². The van der Waals surface area contributed by atoms with Gasteiger partial charge in [-0.2, -0.15) is 5.26 Å². The SMILES string of the molecule is COc1cc(OC)c(C2(C#N)COC2)c(OC)c1. The van der Waals surface area contributed by atoms with Crippen LogP contribution >= 0.6 is 0 Å². The molecule has 1 aliphatic rings. The van der Waals surface area contributed by atoms with E-state index in [-0.39, 0.29) is 0 Å². The van der Waals surface area contributed by atoms with E-state index in [0.717, 1.165) is 5.56 Å². The molecule has 0 spiro atoms. The lowest BCUT2D eigenvalue weighted by atomic mass is 9.79. The summed E-state index contributed by atoms with van der Waals surface area (Å²) in [5, 5.41) is 9.38. The Balaban J connectivity index is 2.61. The third-order valence-electron chi connectivity index (χ3n) is 3.10. The fraction of sp³-hybridized carbons (Fsp3) is 0.462. The first kappa shape index (κ1) is 12.5. The van der Waals surface area contributed by atoms with E-state index in [0.29, 0.717) is 30.5 Å². The zero-order valence-corrected chi connectivity index (χ0v) is 10.6. The first-order chi connectivity index (χ1) is 8.70. The first-order valence-electron chi connectivity index (χ1n) is 5.50. The zero-order chi connectivity index (χ0) is 13.2. The molecule has 96 valence electrons. The molecular weight excluding hydrogens is 234 g/mol. The third kappa shape index (κ3) is 1.75. The summed E-state index contributed by atoms with van der Waals surface area (Å²) in [6.07, 6.45) is 0. The Hall–Kier alpha value is -1.93. The summed E-state index contributed by atoms with van der Waals surface area (Å²) in [5.41, 5.74) is 0.0326. The Morgan fingerprint density at radius 3 is 1.94 bits per heavy atom. The maximum Gasteiger partial charge on any atom is 0.136 e. The zero-order valence-electron chi connectivity index (χ0n) is 10.6. The van der Waals surface area contributed by atoms with Crippen LogP contribution in [0, 0.1) is 11.3 Å². The number of nitrogens with zero attached hydrogens (tertiary/aromatic N) is 1. The summed E-state index contributed by atoms with van der Waals surface area (Å²) in [7, 11) is 4.69. The summed E-state index contributed by atoms with van der Waals surface area (Å²) < 4.78 is 21.0. The molecule has 1 aromatic rings. The minimum absolute atomic E-state index is 0.350. The second kappa shape index (κ2) is 4.75. The second-order valence-corrected chi connectivity index (χ2v) is 4.09. The van der Waals surface area contributed by atoms with Gasteiger partial charge in [-0.25, -0.2) is 0 Å². The number of hydrogen-bond acceptors (Lipinski definition) is 5. The summed E-state index contributed by atoms with van der Waals surface area (Å²) in [5.74, 6) is 1.79. The molecule has 0 aliphatic carbocycles.